The van der Waals surface area contributed by atoms with Crippen LogP contribution in [0.4, 0.5) is 4.39 Å². The summed E-state index contributed by atoms with van der Waals surface area (Å²) in [5.74, 6) is -1.48. The first kappa shape index (κ1) is 13.2. The molecule has 88 valence electrons. The molecule has 1 N–H and O–H groups in total. The molecule has 0 heterocycles. The monoisotopic (exact) mass is 288 g/mol. The van der Waals surface area contributed by atoms with Crippen LogP contribution in [0.1, 0.15) is 37.8 Å². The minimum Gasteiger partial charge on any atom is -0.481 e. The van der Waals surface area contributed by atoms with E-state index in [9.17, 15) is 9.18 Å². The zero-order chi connectivity index (χ0) is 12.5. The van der Waals surface area contributed by atoms with Crippen LogP contribution < -0.4 is 0 Å². The molecule has 0 aliphatic rings. The summed E-state index contributed by atoms with van der Waals surface area (Å²) in [6, 6.07) is 4.94. The van der Waals surface area contributed by atoms with Gasteiger partial charge in [-0.15, -0.1) is 0 Å². The number of carboxylic acid groups (broad SMARTS) is 1. The van der Waals surface area contributed by atoms with Gasteiger partial charge in [-0.05, 0) is 32.4 Å². The van der Waals surface area contributed by atoms with Crippen molar-refractivity contribution in [3.8, 4) is 0 Å². The quantitative estimate of drug-likeness (QED) is 0.917. The first-order valence-electron chi connectivity index (χ1n) is 4.95. The van der Waals surface area contributed by atoms with Crippen LogP contribution in [0.15, 0.2) is 22.7 Å². The van der Waals surface area contributed by atoms with E-state index in [0.29, 0.717) is 15.6 Å². The minimum absolute atomic E-state index is 0.522. The van der Waals surface area contributed by atoms with Gasteiger partial charge in [-0.2, -0.15) is 0 Å². The molecule has 0 saturated carbocycles. The number of carbonyl (C=O) groups is 1. The van der Waals surface area contributed by atoms with Crippen LogP contribution in [0.2, 0.25) is 0 Å². The van der Waals surface area contributed by atoms with Crippen LogP contribution in [0.25, 0.3) is 0 Å². The summed E-state index contributed by atoms with van der Waals surface area (Å²) >= 11 is 3.27. The van der Waals surface area contributed by atoms with Gasteiger partial charge in [-0.25, -0.2) is 4.39 Å². The lowest BCUT2D eigenvalue weighted by Crippen LogP contribution is -2.12. The molecule has 0 aliphatic carbocycles. The lowest BCUT2D eigenvalue weighted by Gasteiger charge is -2.18. The minimum atomic E-state index is -1.44. The Bertz CT molecular complexity index is 410. The number of carboxylic acids is 1. The largest absolute Gasteiger partial charge is 0.481 e. The zero-order valence-electron chi connectivity index (χ0n) is 9.42. The van der Waals surface area contributed by atoms with Gasteiger partial charge in [-0.3, -0.25) is 4.79 Å². The predicted octanol–water partition coefficient (Wildman–Crippen LogP) is 3.84. The van der Waals surface area contributed by atoms with Crippen LogP contribution in [0.3, 0.4) is 0 Å². The van der Waals surface area contributed by atoms with Crippen molar-refractivity contribution in [3.05, 3.63) is 33.8 Å². The molecule has 0 saturated heterocycles. The second-order valence-electron chi connectivity index (χ2n) is 4.27. The zero-order valence-corrected chi connectivity index (χ0v) is 11.0. The van der Waals surface area contributed by atoms with E-state index in [1.807, 2.05) is 0 Å². The molecule has 0 aliphatic heterocycles. The molecule has 1 aromatic rings. The Kier molecular flexibility index (Phi) is 3.73. The van der Waals surface area contributed by atoms with E-state index in [-0.39, 0.29) is 0 Å². The summed E-state index contributed by atoms with van der Waals surface area (Å²) in [5.41, 5.74) is -0.259. The van der Waals surface area contributed by atoms with E-state index < -0.39 is 17.6 Å². The highest BCUT2D eigenvalue weighted by Crippen LogP contribution is 2.33. The molecule has 0 aromatic heterocycles. The molecule has 1 aromatic carbocycles. The standard InChI is InChI=1S/C12H14BrFO2/c1-7(11(15)16)8-4-5-9(10(13)6-8)12(2,3)14/h4-7H,1-3H3,(H,15,16). The second-order valence-corrected chi connectivity index (χ2v) is 5.13. The lowest BCUT2D eigenvalue weighted by atomic mass is 9.95. The maximum atomic E-state index is 13.7. The van der Waals surface area contributed by atoms with E-state index in [0.717, 1.165) is 0 Å². The number of benzene rings is 1. The maximum Gasteiger partial charge on any atom is 0.310 e. The molecular weight excluding hydrogens is 275 g/mol. The third-order valence-electron chi connectivity index (χ3n) is 2.50. The molecule has 4 heteroatoms. The average Bonchev–Trinajstić information content (AvgIpc) is 2.14. The predicted molar refractivity (Wildman–Crippen MR) is 64.3 cm³/mol. The van der Waals surface area contributed by atoms with Crippen molar-refractivity contribution in [2.75, 3.05) is 0 Å². The van der Waals surface area contributed by atoms with Crippen LogP contribution in [-0.4, -0.2) is 11.1 Å². The fraction of sp³-hybridized carbons (Fsp3) is 0.417. The Labute approximate surface area is 103 Å². The van der Waals surface area contributed by atoms with Crippen LogP contribution >= 0.6 is 15.9 Å². The van der Waals surface area contributed by atoms with Gasteiger partial charge in [0.2, 0.25) is 0 Å². The van der Waals surface area contributed by atoms with Gasteiger partial charge < -0.3 is 5.11 Å². The molecule has 0 spiro atoms. The summed E-state index contributed by atoms with van der Waals surface area (Å²) in [6.45, 7) is 4.53. The topological polar surface area (TPSA) is 37.3 Å². The Balaban J connectivity index is 3.14. The van der Waals surface area contributed by atoms with Gasteiger partial charge >= 0.3 is 5.97 Å². The number of hydrogen-bond acceptors (Lipinski definition) is 1. The molecule has 1 unspecified atom stereocenters. The fourth-order valence-corrected chi connectivity index (χ4v) is 2.29. The molecule has 0 amide bonds. The molecule has 0 radical (unpaired) electrons. The molecule has 1 atom stereocenters. The first-order valence-corrected chi connectivity index (χ1v) is 5.74. The van der Waals surface area contributed by atoms with Gasteiger partial charge in [0.25, 0.3) is 0 Å². The average molecular weight is 289 g/mol. The lowest BCUT2D eigenvalue weighted by molar-refractivity contribution is -0.138. The number of halogens is 2. The van der Waals surface area contributed by atoms with Gasteiger partial charge in [0.1, 0.15) is 5.67 Å². The SMILES string of the molecule is CC(C(=O)O)c1ccc(C(C)(C)F)c(Br)c1. The third-order valence-corrected chi connectivity index (χ3v) is 3.16. The summed E-state index contributed by atoms with van der Waals surface area (Å²) in [6.07, 6.45) is 0. The number of hydrogen-bond donors (Lipinski definition) is 1. The van der Waals surface area contributed by atoms with Crippen molar-refractivity contribution in [3.63, 3.8) is 0 Å². The van der Waals surface area contributed by atoms with Gasteiger partial charge in [0.05, 0.1) is 5.92 Å². The molecular formula is C12H14BrFO2. The normalized spacial score (nSPS) is 13.6. The van der Waals surface area contributed by atoms with E-state index in [4.69, 9.17) is 5.11 Å². The summed E-state index contributed by atoms with van der Waals surface area (Å²) in [5, 5.41) is 8.87. The Hall–Kier alpha value is -0.900. The van der Waals surface area contributed by atoms with E-state index in [2.05, 4.69) is 15.9 Å². The fourth-order valence-electron chi connectivity index (χ4n) is 1.43. The Morgan fingerprint density at radius 3 is 2.44 bits per heavy atom. The smallest absolute Gasteiger partial charge is 0.310 e. The molecule has 0 fully saturated rings. The van der Waals surface area contributed by atoms with E-state index in [1.54, 1.807) is 25.1 Å². The van der Waals surface area contributed by atoms with Crippen LogP contribution in [0, 0.1) is 0 Å². The highest BCUT2D eigenvalue weighted by Gasteiger charge is 2.23. The van der Waals surface area contributed by atoms with Crippen molar-refractivity contribution in [1.29, 1.82) is 0 Å². The van der Waals surface area contributed by atoms with E-state index >= 15 is 0 Å². The number of rotatable bonds is 3. The summed E-state index contributed by atoms with van der Waals surface area (Å²) in [7, 11) is 0. The maximum absolute atomic E-state index is 13.7. The molecule has 0 bridgehead atoms. The van der Waals surface area contributed by atoms with Gasteiger partial charge in [0.15, 0.2) is 0 Å². The van der Waals surface area contributed by atoms with Crippen molar-refractivity contribution in [2.24, 2.45) is 0 Å². The number of aliphatic carboxylic acids is 1. The van der Waals surface area contributed by atoms with Gasteiger partial charge in [-0.1, -0.05) is 28.1 Å². The summed E-state index contributed by atoms with van der Waals surface area (Å²) < 4.78 is 14.3. The van der Waals surface area contributed by atoms with E-state index in [1.165, 1.54) is 13.8 Å². The molecule has 2 nitrogen and oxygen atoms in total. The first-order chi connectivity index (χ1) is 7.23. The van der Waals surface area contributed by atoms with Crippen LogP contribution in [0.5, 0.6) is 0 Å². The van der Waals surface area contributed by atoms with Crippen LogP contribution in [-0.2, 0) is 10.5 Å². The van der Waals surface area contributed by atoms with Crippen molar-refractivity contribution >= 4 is 21.9 Å². The number of alkyl halides is 1. The van der Waals surface area contributed by atoms with Crippen molar-refractivity contribution in [1.82, 2.24) is 0 Å². The molecule has 16 heavy (non-hydrogen) atoms. The van der Waals surface area contributed by atoms with Crippen molar-refractivity contribution in [2.45, 2.75) is 32.4 Å². The Morgan fingerprint density at radius 1 is 1.50 bits per heavy atom. The summed E-state index contributed by atoms with van der Waals surface area (Å²) in [4.78, 5) is 10.8. The third kappa shape index (κ3) is 2.82. The molecule has 1 rings (SSSR count). The Morgan fingerprint density at radius 2 is 2.06 bits per heavy atom. The van der Waals surface area contributed by atoms with Crippen molar-refractivity contribution < 1.29 is 14.3 Å². The second kappa shape index (κ2) is 4.53. The van der Waals surface area contributed by atoms with Gasteiger partial charge in [0, 0.05) is 10.0 Å². The highest BCUT2D eigenvalue weighted by molar-refractivity contribution is 9.10. The highest BCUT2D eigenvalue weighted by atomic mass is 79.9.